The summed E-state index contributed by atoms with van der Waals surface area (Å²) in [7, 11) is 1.58. The Morgan fingerprint density at radius 3 is 2.77 bits per heavy atom. The van der Waals surface area contributed by atoms with Crippen LogP contribution in [0.4, 0.5) is 4.39 Å². The van der Waals surface area contributed by atoms with Crippen LogP contribution in [-0.4, -0.2) is 7.11 Å². The zero-order valence-corrected chi connectivity index (χ0v) is 7.88. The van der Waals surface area contributed by atoms with E-state index in [-0.39, 0.29) is 5.83 Å². The molecule has 0 bridgehead atoms. The molecule has 0 aliphatic rings. The normalized spacial score (nSPS) is 11.5. The van der Waals surface area contributed by atoms with E-state index in [9.17, 15) is 4.39 Å². The van der Waals surface area contributed by atoms with Crippen LogP contribution < -0.4 is 4.74 Å². The monoisotopic (exact) mass is 180 g/mol. The summed E-state index contributed by atoms with van der Waals surface area (Å²) >= 11 is 0. The second kappa shape index (κ2) is 4.65. The van der Waals surface area contributed by atoms with Gasteiger partial charge in [-0.25, -0.2) is 4.39 Å². The third-order valence-corrected chi connectivity index (χ3v) is 1.79. The smallest absolute Gasteiger partial charge is 0.126 e. The topological polar surface area (TPSA) is 9.23 Å². The van der Waals surface area contributed by atoms with Gasteiger partial charge in [-0.15, -0.1) is 0 Å². The van der Waals surface area contributed by atoms with Gasteiger partial charge in [-0.1, -0.05) is 25.1 Å². The van der Waals surface area contributed by atoms with Gasteiger partial charge in [-0.2, -0.15) is 0 Å². The van der Waals surface area contributed by atoms with Crippen LogP contribution in [0.25, 0.3) is 6.08 Å². The van der Waals surface area contributed by atoms with Crippen molar-refractivity contribution in [2.45, 2.75) is 13.3 Å². The Morgan fingerprint density at radius 1 is 1.46 bits per heavy atom. The molecule has 1 aromatic carbocycles. The molecule has 0 radical (unpaired) electrons. The van der Waals surface area contributed by atoms with Crippen LogP contribution in [0.2, 0.25) is 0 Å². The SMILES string of the molecule is CC/C(F)=C/c1ccccc1OC. The van der Waals surface area contributed by atoms with Gasteiger partial charge in [0, 0.05) is 5.56 Å². The van der Waals surface area contributed by atoms with E-state index in [1.807, 2.05) is 24.3 Å². The highest BCUT2D eigenvalue weighted by Gasteiger charge is 1.99. The Hall–Kier alpha value is -1.31. The maximum absolute atomic E-state index is 12.9. The Bertz CT molecular complexity index is 305. The van der Waals surface area contributed by atoms with Crippen molar-refractivity contribution in [3.05, 3.63) is 35.7 Å². The molecule has 0 aliphatic carbocycles. The lowest BCUT2D eigenvalue weighted by Gasteiger charge is -2.03. The van der Waals surface area contributed by atoms with E-state index in [0.29, 0.717) is 12.2 Å². The number of benzene rings is 1. The summed E-state index contributed by atoms with van der Waals surface area (Å²) in [4.78, 5) is 0. The van der Waals surface area contributed by atoms with Crippen LogP contribution in [0.5, 0.6) is 5.75 Å². The van der Waals surface area contributed by atoms with Gasteiger partial charge in [-0.05, 0) is 18.6 Å². The molecule has 0 saturated carbocycles. The molecule has 0 heterocycles. The third kappa shape index (κ3) is 2.58. The second-order valence-electron chi connectivity index (χ2n) is 2.69. The first-order valence-electron chi connectivity index (χ1n) is 4.27. The quantitative estimate of drug-likeness (QED) is 0.692. The lowest BCUT2D eigenvalue weighted by Crippen LogP contribution is -1.86. The van der Waals surface area contributed by atoms with Crippen LogP contribution in [0.15, 0.2) is 30.1 Å². The predicted molar refractivity (Wildman–Crippen MR) is 52.4 cm³/mol. The summed E-state index contributed by atoms with van der Waals surface area (Å²) in [5.41, 5.74) is 0.782. The zero-order chi connectivity index (χ0) is 9.68. The maximum Gasteiger partial charge on any atom is 0.126 e. The second-order valence-corrected chi connectivity index (χ2v) is 2.69. The highest BCUT2D eigenvalue weighted by atomic mass is 19.1. The number of para-hydroxylation sites is 1. The minimum Gasteiger partial charge on any atom is -0.496 e. The maximum atomic E-state index is 12.9. The van der Waals surface area contributed by atoms with Gasteiger partial charge < -0.3 is 4.74 Å². The fraction of sp³-hybridized carbons (Fsp3) is 0.273. The molecule has 1 rings (SSSR count). The lowest BCUT2D eigenvalue weighted by atomic mass is 10.1. The number of hydrogen-bond acceptors (Lipinski definition) is 1. The molecule has 0 aromatic heterocycles. The van der Waals surface area contributed by atoms with Crippen molar-refractivity contribution in [1.29, 1.82) is 0 Å². The molecule has 70 valence electrons. The summed E-state index contributed by atoms with van der Waals surface area (Å²) in [5.74, 6) is 0.565. The molecule has 0 unspecified atom stereocenters. The largest absolute Gasteiger partial charge is 0.496 e. The molecule has 2 heteroatoms. The van der Waals surface area contributed by atoms with Gasteiger partial charge >= 0.3 is 0 Å². The first kappa shape index (κ1) is 9.78. The molecule has 0 fully saturated rings. The average Bonchev–Trinajstić information content (AvgIpc) is 2.18. The predicted octanol–water partition coefficient (Wildman–Crippen LogP) is 3.42. The summed E-state index contributed by atoms with van der Waals surface area (Å²) in [6.07, 6.45) is 1.91. The van der Waals surface area contributed by atoms with Crippen LogP contribution >= 0.6 is 0 Å². The molecule has 13 heavy (non-hydrogen) atoms. The molecular formula is C11H13FO. The molecule has 0 saturated heterocycles. The van der Waals surface area contributed by atoms with Crippen LogP contribution in [-0.2, 0) is 0 Å². The number of hydrogen-bond donors (Lipinski definition) is 0. The van der Waals surface area contributed by atoms with Crippen molar-refractivity contribution in [3.63, 3.8) is 0 Å². The average molecular weight is 180 g/mol. The van der Waals surface area contributed by atoms with E-state index in [1.54, 1.807) is 14.0 Å². The van der Waals surface area contributed by atoms with Gasteiger partial charge in [0.05, 0.1) is 7.11 Å². The Balaban J connectivity index is 2.99. The lowest BCUT2D eigenvalue weighted by molar-refractivity contribution is 0.413. The number of methoxy groups -OCH3 is 1. The Kier molecular flexibility index (Phi) is 3.50. The molecule has 0 atom stereocenters. The van der Waals surface area contributed by atoms with E-state index in [2.05, 4.69) is 0 Å². The standard InChI is InChI=1S/C11H13FO/c1-3-10(12)8-9-6-4-5-7-11(9)13-2/h4-8H,3H2,1-2H3/b10-8-. The molecule has 0 spiro atoms. The molecule has 0 amide bonds. The van der Waals surface area contributed by atoms with Crippen molar-refractivity contribution in [2.75, 3.05) is 7.11 Å². The van der Waals surface area contributed by atoms with E-state index >= 15 is 0 Å². The van der Waals surface area contributed by atoms with Crippen molar-refractivity contribution in [3.8, 4) is 5.75 Å². The summed E-state index contributed by atoms with van der Waals surface area (Å²) in [5, 5.41) is 0. The van der Waals surface area contributed by atoms with Crippen molar-refractivity contribution in [1.82, 2.24) is 0 Å². The fourth-order valence-corrected chi connectivity index (χ4v) is 1.06. The molecule has 1 aromatic rings. The minimum atomic E-state index is -0.135. The van der Waals surface area contributed by atoms with Crippen molar-refractivity contribution >= 4 is 6.08 Å². The van der Waals surface area contributed by atoms with Crippen LogP contribution in [0.1, 0.15) is 18.9 Å². The fourth-order valence-electron chi connectivity index (χ4n) is 1.06. The molecule has 0 aliphatic heterocycles. The molecule has 1 nitrogen and oxygen atoms in total. The van der Waals surface area contributed by atoms with Gasteiger partial charge in [-0.3, -0.25) is 0 Å². The van der Waals surface area contributed by atoms with Gasteiger partial charge in [0.1, 0.15) is 11.6 Å². The number of halogens is 1. The first-order chi connectivity index (χ1) is 6.27. The van der Waals surface area contributed by atoms with E-state index in [0.717, 1.165) is 5.56 Å². The van der Waals surface area contributed by atoms with Gasteiger partial charge in [0.25, 0.3) is 0 Å². The van der Waals surface area contributed by atoms with Gasteiger partial charge in [0.15, 0.2) is 0 Å². The number of rotatable bonds is 3. The van der Waals surface area contributed by atoms with E-state index in [4.69, 9.17) is 4.74 Å². The highest BCUT2D eigenvalue weighted by molar-refractivity contribution is 5.58. The Morgan fingerprint density at radius 2 is 2.15 bits per heavy atom. The molecular weight excluding hydrogens is 167 g/mol. The van der Waals surface area contributed by atoms with Crippen molar-refractivity contribution in [2.24, 2.45) is 0 Å². The minimum absolute atomic E-state index is 0.135. The molecule has 0 N–H and O–H groups in total. The summed E-state index contributed by atoms with van der Waals surface area (Å²) in [6.45, 7) is 1.78. The Labute approximate surface area is 77.8 Å². The summed E-state index contributed by atoms with van der Waals surface area (Å²) in [6, 6.07) is 7.36. The summed E-state index contributed by atoms with van der Waals surface area (Å²) < 4.78 is 18.0. The van der Waals surface area contributed by atoms with E-state index in [1.165, 1.54) is 6.08 Å². The zero-order valence-electron chi connectivity index (χ0n) is 7.88. The first-order valence-corrected chi connectivity index (χ1v) is 4.27. The van der Waals surface area contributed by atoms with E-state index < -0.39 is 0 Å². The van der Waals surface area contributed by atoms with Crippen molar-refractivity contribution < 1.29 is 9.13 Å². The van der Waals surface area contributed by atoms with Crippen LogP contribution in [0.3, 0.4) is 0 Å². The highest BCUT2D eigenvalue weighted by Crippen LogP contribution is 2.21. The third-order valence-electron chi connectivity index (χ3n) is 1.79. The number of ether oxygens (including phenoxy) is 1. The van der Waals surface area contributed by atoms with Crippen LogP contribution in [0, 0.1) is 0 Å². The van der Waals surface area contributed by atoms with Gasteiger partial charge in [0.2, 0.25) is 0 Å². The number of allylic oxidation sites excluding steroid dienone is 1.